The third-order valence-corrected chi connectivity index (χ3v) is 1.91. The second-order valence-corrected chi connectivity index (χ2v) is 2.87. The van der Waals surface area contributed by atoms with E-state index in [4.69, 9.17) is 11.6 Å². The number of anilines is 1. The van der Waals surface area contributed by atoms with Gasteiger partial charge >= 0.3 is 0 Å². The van der Waals surface area contributed by atoms with E-state index in [1.54, 1.807) is 7.05 Å². The maximum Gasteiger partial charge on any atom is 0.0516 e. The van der Waals surface area contributed by atoms with E-state index < -0.39 is 0 Å². The fraction of sp³-hybridized carbons (Fsp3) is 0.250. The Morgan fingerprint density at radius 2 is 2.08 bits per heavy atom. The summed E-state index contributed by atoms with van der Waals surface area (Å²) < 4.78 is 0. The highest BCUT2D eigenvalue weighted by Crippen LogP contribution is 2.18. The Labute approximate surface area is 77.1 Å². The second kappa shape index (κ2) is 4.30. The molecule has 0 bridgehead atoms. The molecule has 0 spiro atoms. The fourth-order valence-electron chi connectivity index (χ4n) is 0.805. The minimum atomic E-state index is 0.762. The number of aryl methyl sites for hydroxylation is 1. The highest BCUT2D eigenvalue weighted by atomic mass is 35.5. The molecule has 0 radical (unpaired) electrons. The molecule has 3 nitrogen and oxygen atoms in total. The summed E-state index contributed by atoms with van der Waals surface area (Å²) in [7, 11) is 1.78. The Hall–Kier alpha value is -0.770. The van der Waals surface area contributed by atoms with Crippen molar-refractivity contribution in [3.63, 3.8) is 0 Å². The Kier molecular flexibility index (Phi) is 3.34. The third kappa shape index (κ3) is 2.37. The molecule has 0 aliphatic heterocycles. The van der Waals surface area contributed by atoms with Gasteiger partial charge in [-0.1, -0.05) is 17.7 Å². The lowest BCUT2D eigenvalue weighted by atomic mass is 10.2. The summed E-state index contributed by atoms with van der Waals surface area (Å²) in [5.74, 6) is 0. The standard InChI is InChI=1S/C8H12ClN3/c1-6-3-4-7(5-8(6)9)11-12-10-2/h3-5,10-12H,1-2H3. The Bertz CT molecular complexity index is 262. The molecule has 3 N–H and O–H groups in total. The van der Waals surface area contributed by atoms with Gasteiger partial charge in [-0.2, -0.15) is 5.53 Å². The summed E-state index contributed by atoms with van der Waals surface area (Å²) in [6.45, 7) is 1.97. The molecule has 0 aliphatic carbocycles. The number of hydrogen-bond donors (Lipinski definition) is 3. The van der Waals surface area contributed by atoms with Gasteiger partial charge in [0.25, 0.3) is 0 Å². The van der Waals surface area contributed by atoms with Crippen molar-refractivity contribution in [1.82, 2.24) is 11.0 Å². The number of rotatable bonds is 3. The van der Waals surface area contributed by atoms with Crippen molar-refractivity contribution in [2.45, 2.75) is 6.92 Å². The molecule has 0 saturated carbocycles. The largest absolute Gasteiger partial charge is 0.308 e. The van der Waals surface area contributed by atoms with Crippen molar-refractivity contribution in [2.24, 2.45) is 0 Å². The third-order valence-electron chi connectivity index (χ3n) is 1.50. The molecule has 1 rings (SSSR count). The molecular formula is C8H12ClN3. The van der Waals surface area contributed by atoms with E-state index in [0.717, 1.165) is 16.3 Å². The van der Waals surface area contributed by atoms with E-state index in [9.17, 15) is 0 Å². The van der Waals surface area contributed by atoms with Crippen LogP contribution >= 0.6 is 11.6 Å². The molecule has 0 fully saturated rings. The molecule has 0 amide bonds. The number of hydrogen-bond acceptors (Lipinski definition) is 3. The first-order valence-electron chi connectivity index (χ1n) is 3.68. The first kappa shape index (κ1) is 9.32. The molecule has 0 saturated heterocycles. The lowest BCUT2D eigenvalue weighted by molar-refractivity contribution is 0.679. The average molecular weight is 186 g/mol. The smallest absolute Gasteiger partial charge is 0.0516 e. The van der Waals surface area contributed by atoms with E-state index in [2.05, 4.69) is 16.4 Å². The van der Waals surface area contributed by atoms with Gasteiger partial charge in [-0.3, -0.25) is 0 Å². The van der Waals surface area contributed by atoms with Gasteiger partial charge in [0.15, 0.2) is 0 Å². The zero-order valence-corrected chi connectivity index (χ0v) is 7.87. The normalized spacial score (nSPS) is 9.92. The van der Waals surface area contributed by atoms with Crippen LogP contribution in [-0.2, 0) is 0 Å². The van der Waals surface area contributed by atoms with Crippen LogP contribution < -0.4 is 16.4 Å². The van der Waals surface area contributed by atoms with Gasteiger partial charge in [-0.15, -0.1) is 0 Å². The topological polar surface area (TPSA) is 36.1 Å². The van der Waals surface area contributed by atoms with Crippen molar-refractivity contribution in [1.29, 1.82) is 0 Å². The molecule has 1 aromatic carbocycles. The maximum absolute atomic E-state index is 5.90. The van der Waals surface area contributed by atoms with Gasteiger partial charge in [0, 0.05) is 12.1 Å². The molecule has 0 heterocycles. The Balaban J connectivity index is 2.69. The predicted molar refractivity (Wildman–Crippen MR) is 52.0 cm³/mol. The van der Waals surface area contributed by atoms with Crippen LogP contribution in [0.2, 0.25) is 5.02 Å². The van der Waals surface area contributed by atoms with Crippen molar-refractivity contribution >= 4 is 17.3 Å². The number of nitrogens with one attached hydrogen (secondary N) is 3. The van der Waals surface area contributed by atoms with Crippen molar-refractivity contribution in [3.05, 3.63) is 28.8 Å². The average Bonchev–Trinajstić information content (AvgIpc) is 2.07. The molecule has 0 aliphatic rings. The van der Waals surface area contributed by atoms with E-state index in [0.29, 0.717) is 0 Å². The summed E-state index contributed by atoms with van der Waals surface area (Å²) >= 11 is 5.90. The first-order valence-corrected chi connectivity index (χ1v) is 4.05. The maximum atomic E-state index is 5.90. The molecule has 0 aromatic heterocycles. The fourth-order valence-corrected chi connectivity index (χ4v) is 0.986. The van der Waals surface area contributed by atoms with E-state index >= 15 is 0 Å². The van der Waals surface area contributed by atoms with Crippen LogP contribution in [0.25, 0.3) is 0 Å². The SMILES string of the molecule is CNNNc1ccc(C)c(Cl)c1. The van der Waals surface area contributed by atoms with Gasteiger partial charge in [0.2, 0.25) is 0 Å². The highest BCUT2D eigenvalue weighted by Gasteiger charge is 1.95. The molecule has 4 heteroatoms. The molecule has 12 heavy (non-hydrogen) atoms. The van der Waals surface area contributed by atoms with Crippen LogP contribution in [0.1, 0.15) is 5.56 Å². The van der Waals surface area contributed by atoms with Crippen molar-refractivity contribution in [3.8, 4) is 0 Å². The quantitative estimate of drug-likeness (QED) is 0.628. The van der Waals surface area contributed by atoms with Crippen LogP contribution in [-0.4, -0.2) is 7.05 Å². The van der Waals surface area contributed by atoms with E-state index in [1.807, 2.05) is 25.1 Å². The summed E-state index contributed by atoms with van der Waals surface area (Å²) in [5.41, 5.74) is 10.4. The van der Waals surface area contributed by atoms with Crippen LogP contribution in [0, 0.1) is 6.92 Å². The van der Waals surface area contributed by atoms with Gasteiger partial charge in [-0.05, 0) is 24.6 Å². The van der Waals surface area contributed by atoms with Crippen LogP contribution in [0.3, 0.4) is 0 Å². The van der Waals surface area contributed by atoms with Gasteiger partial charge in [-0.25, -0.2) is 5.43 Å². The number of hydrazine groups is 2. The monoisotopic (exact) mass is 185 g/mol. The van der Waals surface area contributed by atoms with Gasteiger partial charge in [0.05, 0.1) is 5.69 Å². The zero-order chi connectivity index (χ0) is 8.97. The summed E-state index contributed by atoms with van der Waals surface area (Å²) in [6, 6.07) is 5.77. The minimum absolute atomic E-state index is 0.762. The molecular weight excluding hydrogens is 174 g/mol. The van der Waals surface area contributed by atoms with E-state index in [1.165, 1.54) is 0 Å². The first-order chi connectivity index (χ1) is 5.74. The zero-order valence-electron chi connectivity index (χ0n) is 7.11. The van der Waals surface area contributed by atoms with E-state index in [-0.39, 0.29) is 0 Å². The summed E-state index contributed by atoms with van der Waals surface area (Å²) in [5, 5.41) is 0.762. The highest BCUT2D eigenvalue weighted by molar-refractivity contribution is 6.31. The summed E-state index contributed by atoms with van der Waals surface area (Å²) in [6.07, 6.45) is 0. The number of benzene rings is 1. The van der Waals surface area contributed by atoms with Crippen LogP contribution in [0.5, 0.6) is 0 Å². The Morgan fingerprint density at radius 1 is 1.33 bits per heavy atom. The lowest BCUT2D eigenvalue weighted by Crippen LogP contribution is -2.33. The van der Waals surface area contributed by atoms with Crippen molar-refractivity contribution < 1.29 is 0 Å². The minimum Gasteiger partial charge on any atom is -0.308 e. The lowest BCUT2D eigenvalue weighted by Gasteiger charge is -2.07. The predicted octanol–water partition coefficient (Wildman–Crippen LogP) is 1.70. The van der Waals surface area contributed by atoms with Crippen LogP contribution in [0.4, 0.5) is 5.69 Å². The van der Waals surface area contributed by atoms with Crippen molar-refractivity contribution in [2.75, 3.05) is 12.5 Å². The second-order valence-electron chi connectivity index (χ2n) is 2.46. The molecule has 0 atom stereocenters. The Morgan fingerprint density at radius 3 is 2.67 bits per heavy atom. The number of halogens is 1. The van der Waals surface area contributed by atoms with Crippen LogP contribution in [0.15, 0.2) is 18.2 Å². The van der Waals surface area contributed by atoms with Gasteiger partial charge < -0.3 is 5.43 Å². The summed E-state index contributed by atoms with van der Waals surface area (Å²) in [4.78, 5) is 0. The van der Waals surface area contributed by atoms with Gasteiger partial charge in [0.1, 0.15) is 0 Å². The molecule has 1 aromatic rings. The molecule has 0 unspecified atom stereocenters. The molecule has 66 valence electrons.